The van der Waals surface area contributed by atoms with Gasteiger partial charge in [-0.05, 0) is 35.2 Å². The molecule has 0 atom stereocenters. The number of rotatable bonds is 4. The number of amides is 1. The summed E-state index contributed by atoms with van der Waals surface area (Å²) in [4.78, 5) is 12.3. The minimum Gasteiger partial charge on any atom is -0.341 e. The van der Waals surface area contributed by atoms with Crippen LogP contribution in [-0.2, 0) is 11.6 Å². The van der Waals surface area contributed by atoms with Gasteiger partial charge in [-0.15, -0.1) is 0 Å². The highest BCUT2D eigenvalue weighted by Gasteiger charge is 2.34. The van der Waals surface area contributed by atoms with Crippen molar-refractivity contribution in [2.75, 3.05) is 5.32 Å². The lowest BCUT2D eigenvalue weighted by molar-refractivity contribution is -0.137. The highest BCUT2D eigenvalue weighted by Crippen LogP contribution is 2.38. The monoisotopic (exact) mass is 396 g/mol. The first-order valence-electron chi connectivity index (χ1n) is 8.13. The Labute approximate surface area is 161 Å². The summed E-state index contributed by atoms with van der Waals surface area (Å²) in [5.74, 6) is -0.419. The minimum atomic E-state index is -4.58. The Bertz CT molecular complexity index is 853. The van der Waals surface area contributed by atoms with Crippen LogP contribution in [0.5, 0.6) is 0 Å². The molecule has 0 unspecified atom stereocenters. The molecule has 1 amide bonds. The number of hydrogen-bond acceptors (Lipinski definition) is 2. The Morgan fingerprint density at radius 2 is 1.63 bits per heavy atom. The molecule has 0 aromatic heterocycles. The van der Waals surface area contributed by atoms with Crippen molar-refractivity contribution in [2.45, 2.75) is 32.4 Å². The molecule has 2 N–H and O–H groups in total. The molecule has 2 rings (SSSR count). The summed E-state index contributed by atoms with van der Waals surface area (Å²) >= 11 is 5.81. The number of carbonyl (C=O) groups excluding carboxylic acids is 1. The fraction of sp³-hybridized carbons (Fsp3) is 0.250. The fourth-order valence-electron chi connectivity index (χ4n) is 2.37. The fourth-order valence-corrected chi connectivity index (χ4v) is 2.65. The number of nitrogens with one attached hydrogen (secondary N) is 2. The molecular formula is C20H20ClF3N2O. The third-order valence-electron chi connectivity index (χ3n) is 3.87. The van der Waals surface area contributed by atoms with E-state index in [1.165, 1.54) is 12.1 Å². The number of halogens is 4. The molecule has 0 radical (unpaired) electrons. The van der Waals surface area contributed by atoms with Crippen molar-refractivity contribution in [3.8, 4) is 0 Å². The molecule has 144 valence electrons. The van der Waals surface area contributed by atoms with Crippen LogP contribution >= 0.6 is 11.6 Å². The highest BCUT2D eigenvalue weighted by molar-refractivity contribution is 6.34. The molecule has 0 bridgehead atoms. The van der Waals surface area contributed by atoms with E-state index >= 15 is 0 Å². The van der Waals surface area contributed by atoms with Gasteiger partial charge >= 0.3 is 6.18 Å². The van der Waals surface area contributed by atoms with Gasteiger partial charge in [-0.25, -0.2) is 0 Å². The van der Waals surface area contributed by atoms with Crippen LogP contribution < -0.4 is 10.6 Å². The highest BCUT2D eigenvalue weighted by atomic mass is 35.5. The van der Waals surface area contributed by atoms with Gasteiger partial charge in [0.2, 0.25) is 0 Å². The van der Waals surface area contributed by atoms with E-state index in [4.69, 9.17) is 11.6 Å². The SMILES string of the molecule is C=C(NC(=O)c1ccc(C(C)(C)C)cc1)Nc1cccc(C(F)(F)F)c1Cl. The van der Waals surface area contributed by atoms with E-state index < -0.39 is 22.7 Å². The lowest BCUT2D eigenvalue weighted by atomic mass is 9.87. The van der Waals surface area contributed by atoms with Gasteiger partial charge in [0.25, 0.3) is 5.91 Å². The molecule has 3 nitrogen and oxygen atoms in total. The van der Waals surface area contributed by atoms with Crippen LogP contribution in [0.2, 0.25) is 5.02 Å². The van der Waals surface area contributed by atoms with Crippen molar-refractivity contribution in [1.29, 1.82) is 0 Å². The molecule has 0 spiro atoms. The number of anilines is 1. The van der Waals surface area contributed by atoms with Gasteiger partial charge in [-0.2, -0.15) is 13.2 Å². The molecular weight excluding hydrogens is 377 g/mol. The number of hydrogen-bond donors (Lipinski definition) is 2. The molecule has 0 heterocycles. The topological polar surface area (TPSA) is 41.1 Å². The third kappa shape index (κ3) is 5.26. The van der Waals surface area contributed by atoms with Gasteiger partial charge in [-0.3, -0.25) is 4.79 Å². The van der Waals surface area contributed by atoms with Crippen LogP contribution in [0.1, 0.15) is 42.3 Å². The summed E-state index contributed by atoms with van der Waals surface area (Å²) in [5, 5.41) is 4.61. The maximum atomic E-state index is 12.9. The van der Waals surface area contributed by atoms with Crippen LogP contribution in [0.4, 0.5) is 18.9 Å². The summed E-state index contributed by atoms with van der Waals surface area (Å²) in [6, 6.07) is 10.5. The van der Waals surface area contributed by atoms with Crippen LogP contribution in [0.3, 0.4) is 0 Å². The standard InChI is InChI=1S/C20H20ClF3N2O/c1-12(25-16-7-5-6-15(17(16)21)20(22,23)24)26-18(27)13-8-10-14(11-9-13)19(2,3)4/h5-11,25H,1H2,2-4H3,(H,26,27). The Kier molecular flexibility index (Phi) is 5.90. The van der Waals surface area contributed by atoms with Gasteiger partial charge in [0, 0.05) is 5.56 Å². The van der Waals surface area contributed by atoms with E-state index in [0.29, 0.717) is 5.56 Å². The third-order valence-corrected chi connectivity index (χ3v) is 4.27. The second-order valence-corrected chi connectivity index (χ2v) is 7.43. The van der Waals surface area contributed by atoms with Gasteiger partial charge in [-0.1, -0.05) is 57.2 Å². The molecule has 0 aliphatic rings. The van der Waals surface area contributed by atoms with Crippen molar-refractivity contribution in [3.05, 3.63) is 76.6 Å². The van der Waals surface area contributed by atoms with Crippen molar-refractivity contribution in [2.24, 2.45) is 0 Å². The molecule has 2 aromatic carbocycles. The Morgan fingerprint density at radius 1 is 1.04 bits per heavy atom. The summed E-state index contributed by atoms with van der Waals surface area (Å²) < 4.78 is 38.7. The first-order valence-corrected chi connectivity index (χ1v) is 8.51. The van der Waals surface area contributed by atoms with Crippen molar-refractivity contribution in [1.82, 2.24) is 5.32 Å². The second-order valence-electron chi connectivity index (χ2n) is 7.05. The van der Waals surface area contributed by atoms with Crippen LogP contribution in [0.15, 0.2) is 54.9 Å². The average molecular weight is 397 g/mol. The zero-order valence-corrected chi connectivity index (χ0v) is 15.9. The lowest BCUT2D eigenvalue weighted by Crippen LogP contribution is -2.26. The van der Waals surface area contributed by atoms with Crippen molar-refractivity contribution >= 4 is 23.2 Å². The number of benzene rings is 2. The molecule has 0 saturated heterocycles. The Morgan fingerprint density at radius 3 is 2.15 bits per heavy atom. The zero-order chi connectivity index (χ0) is 20.4. The quantitative estimate of drug-likeness (QED) is 0.668. The van der Waals surface area contributed by atoms with Gasteiger partial charge in [0.05, 0.1) is 16.3 Å². The normalized spacial score (nSPS) is 11.8. The van der Waals surface area contributed by atoms with Gasteiger partial charge in [0.1, 0.15) is 5.82 Å². The predicted molar refractivity (Wildman–Crippen MR) is 102 cm³/mol. The summed E-state index contributed by atoms with van der Waals surface area (Å²) in [6.07, 6.45) is -4.58. The Hall–Kier alpha value is -2.47. The predicted octanol–water partition coefficient (Wildman–Crippen LogP) is 5.97. The molecule has 0 aliphatic carbocycles. The van der Waals surface area contributed by atoms with E-state index in [-0.39, 0.29) is 16.9 Å². The molecule has 0 fully saturated rings. The van der Waals surface area contributed by atoms with Crippen LogP contribution in [-0.4, -0.2) is 5.91 Å². The molecule has 2 aromatic rings. The van der Waals surface area contributed by atoms with Gasteiger partial charge < -0.3 is 10.6 Å². The maximum absolute atomic E-state index is 12.9. The van der Waals surface area contributed by atoms with Crippen LogP contribution in [0, 0.1) is 0 Å². The summed E-state index contributed by atoms with van der Waals surface area (Å²) in [6.45, 7) is 9.81. The van der Waals surface area contributed by atoms with Crippen molar-refractivity contribution in [3.63, 3.8) is 0 Å². The number of carbonyl (C=O) groups is 1. The van der Waals surface area contributed by atoms with E-state index in [2.05, 4.69) is 38.0 Å². The summed E-state index contributed by atoms with van der Waals surface area (Å²) in [7, 11) is 0. The smallest absolute Gasteiger partial charge is 0.341 e. The first-order chi connectivity index (χ1) is 12.4. The van der Waals surface area contributed by atoms with E-state index in [0.717, 1.165) is 11.6 Å². The van der Waals surface area contributed by atoms with E-state index in [1.807, 2.05) is 12.1 Å². The Balaban J connectivity index is 2.09. The van der Waals surface area contributed by atoms with Crippen molar-refractivity contribution < 1.29 is 18.0 Å². The molecule has 0 aliphatic heterocycles. The maximum Gasteiger partial charge on any atom is 0.417 e. The second kappa shape index (κ2) is 7.64. The zero-order valence-electron chi connectivity index (χ0n) is 15.2. The molecule has 27 heavy (non-hydrogen) atoms. The van der Waals surface area contributed by atoms with E-state index in [1.54, 1.807) is 12.1 Å². The molecule has 0 saturated carbocycles. The first kappa shape index (κ1) is 20.8. The lowest BCUT2D eigenvalue weighted by Gasteiger charge is -2.19. The average Bonchev–Trinajstić information content (AvgIpc) is 2.55. The van der Waals surface area contributed by atoms with Crippen LogP contribution in [0.25, 0.3) is 0 Å². The largest absolute Gasteiger partial charge is 0.417 e. The minimum absolute atomic E-state index is 0.000118. The van der Waals surface area contributed by atoms with Gasteiger partial charge in [0.15, 0.2) is 0 Å². The number of alkyl halides is 3. The molecule has 7 heteroatoms. The summed E-state index contributed by atoms with van der Waals surface area (Å²) in [5.41, 5.74) is 0.471. The van der Waals surface area contributed by atoms with E-state index in [9.17, 15) is 18.0 Å².